The number of fused-ring (bicyclic) bond motifs is 1. The Kier molecular flexibility index (Phi) is 3.37. The molecule has 1 radical (unpaired) electrons. The van der Waals surface area contributed by atoms with Crippen molar-refractivity contribution >= 4 is 22.6 Å². The van der Waals surface area contributed by atoms with Crippen molar-refractivity contribution < 1.29 is 5.11 Å². The fourth-order valence-electron chi connectivity index (χ4n) is 2.42. The van der Waals surface area contributed by atoms with Crippen LogP contribution in [0.3, 0.4) is 0 Å². The van der Waals surface area contributed by atoms with Crippen LogP contribution >= 0.6 is 11.6 Å². The lowest BCUT2D eigenvalue weighted by Crippen LogP contribution is -2.13. The van der Waals surface area contributed by atoms with Gasteiger partial charge < -0.3 is 5.11 Å². The van der Waals surface area contributed by atoms with Crippen LogP contribution in [0.2, 0.25) is 5.02 Å². The molecule has 0 bridgehead atoms. The quantitative estimate of drug-likeness (QED) is 0.733. The second-order valence-corrected chi connectivity index (χ2v) is 6.87. The Bertz CT molecular complexity index is 862. The number of aromatic hydroxyl groups is 1. The van der Waals surface area contributed by atoms with Gasteiger partial charge in [-0.1, -0.05) is 38.4 Å². The fraction of sp³-hybridized carbons (Fsp3) is 0.294. The lowest BCUT2D eigenvalue weighted by molar-refractivity contribution is 0.440. The molecule has 4 nitrogen and oxygen atoms in total. The first-order valence-corrected chi connectivity index (χ1v) is 7.43. The molecule has 5 heteroatoms. The number of halogens is 1. The maximum atomic E-state index is 10.6. The predicted octanol–water partition coefficient (Wildman–Crippen LogP) is 4.19. The van der Waals surface area contributed by atoms with Crippen molar-refractivity contribution in [3.05, 3.63) is 46.5 Å². The highest BCUT2D eigenvalue weighted by Crippen LogP contribution is 2.36. The second-order valence-electron chi connectivity index (χ2n) is 6.46. The van der Waals surface area contributed by atoms with Crippen LogP contribution in [-0.2, 0) is 5.41 Å². The molecule has 1 aromatic heterocycles. The Hall–Kier alpha value is -2.07. The number of benzene rings is 2. The Morgan fingerprint density at radius 3 is 2.59 bits per heavy atom. The summed E-state index contributed by atoms with van der Waals surface area (Å²) in [6.45, 7) is 8.17. The van der Waals surface area contributed by atoms with Crippen molar-refractivity contribution in [2.75, 3.05) is 0 Å². The van der Waals surface area contributed by atoms with E-state index in [1.54, 1.807) is 12.1 Å². The average Bonchev–Trinajstić information content (AvgIpc) is 2.82. The van der Waals surface area contributed by atoms with Crippen LogP contribution in [0.25, 0.3) is 16.7 Å². The monoisotopic (exact) mass is 314 g/mol. The van der Waals surface area contributed by atoms with Gasteiger partial charge in [-0.2, -0.15) is 0 Å². The molecule has 1 heterocycles. The maximum Gasteiger partial charge on any atom is 0.146 e. The van der Waals surface area contributed by atoms with E-state index in [0.717, 1.165) is 11.1 Å². The Morgan fingerprint density at radius 2 is 1.91 bits per heavy atom. The molecule has 0 aliphatic rings. The Labute approximate surface area is 134 Å². The number of aromatic nitrogens is 3. The van der Waals surface area contributed by atoms with Crippen LogP contribution in [0, 0.1) is 13.0 Å². The van der Waals surface area contributed by atoms with Gasteiger partial charge in [0.25, 0.3) is 0 Å². The molecule has 0 spiro atoms. The third kappa shape index (κ3) is 2.55. The molecule has 0 saturated carbocycles. The van der Waals surface area contributed by atoms with E-state index < -0.39 is 0 Å². The smallest absolute Gasteiger partial charge is 0.146 e. The minimum absolute atomic E-state index is 0.174. The molecule has 0 fully saturated rings. The van der Waals surface area contributed by atoms with Gasteiger partial charge in [0, 0.05) is 11.6 Å². The fourth-order valence-corrected chi connectivity index (χ4v) is 2.57. The molecule has 0 aliphatic carbocycles. The van der Waals surface area contributed by atoms with E-state index in [4.69, 9.17) is 11.6 Å². The number of nitrogens with zero attached hydrogens (tertiary/aromatic N) is 3. The summed E-state index contributed by atoms with van der Waals surface area (Å²) in [7, 11) is 0. The summed E-state index contributed by atoms with van der Waals surface area (Å²) < 4.78 is 0. The summed E-state index contributed by atoms with van der Waals surface area (Å²) in [6, 6.07) is 10.3. The topological polar surface area (TPSA) is 50.9 Å². The minimum atomic E-state index is -0.174. The van der Waals surface area contributed by atoms with Gasteiger partial charge in [-0.25, -0.2) is 0 Å². The highest BCUT2D eigenvalue weighted by molar-refractivity contribution is 6.31. The highest BCUT2D eigenvalue weighted by atomic mass is 35.5. The van der Waals surface area contributed by atoms with E-state index in [1.807, 2.05) is 19.1 Å². The minimum Gasteiger partial charge on any atom is -0.505 e. The Balaban J connectivity index is 2.24. The number of rotatable bonds is 1. The van der Waals surface area contributed by atoms with Gasteiger partial charge in [0.05, 0.1) is 5.02 Å². The van der Waals surface area contributed by atoms with E-state index in [0.29, 0.717) is 21.7 Å². The van der Waals surface area contributed by atoms with Gasteiger partial charge in [0.1, 0.15) is 22.5 Å². The zero-order chi connectivity index (χ0) is 16.1. The molecule has 3 aromatic rings. The lowest BCUT2D eigenvalue weighted by Gasteiger charge is -2.22. The van der Waals surface area contributed by atoms with Crippen molar-refractivity contribution in [1.29, 1.82) is 0 Å². The van der Waals surface area contributed by atoms with E-state index in [9.17, 15) is 5.11 Å². The summed E-state index contributed by atoms with van der Waals surface area (Å²) in [5, 5.41) is 19.9. The van der Waals surface area contributed by atoms with Gasteiger partial charge >= 0.3 is 0 Å². The van der Waals surface area contributed by atoms with Crippen LogP contribution in [0.1, 0.15) is 31.9 Å². The first-order chi connectivity index (χ1) is 10.3. The predicted molar refractivity (Wildman–Crippen MR) is 87.8 cm³/mol. The second kappa shape index (κ2) is 4.99. The number of hydrogen-bond donors (Lipinski definition) is 1. The molecular weight excluding hydrogens is 298 g/mol. The van der Waals surface area contributed by atoms with Gasteiger partial charge in [0.2, 0.25) is 0 Å². The summed E-state index contributed by atoms with van der Waals surface area (Å²) >= 11 is 5.93. The summed E-state index contributed by atoms with van der Waals surface area (Å²) in [6.07, 6.45) is 0. The standard InChI is InChI=1S/C17H17ClN3O/c1-10-7-12(17(2,3)4)16(22)15(8-10)21-19-13-6-5-11(18)9-14(13)20-21/h5-8,22H,1-4H3. The van der Waals surface area contributed by atoms with Gasteiger partial charge in [-0.15, -0.1) is 15.0 Å². The summed E-state index contributed by atoms with van der Waals surface area (Å²) in [5.41, 5.74) is 3.55. The molecule has 0 aliphatic heterocycles. The molecular formula is C17H17ClN3O. The summed E-state index contributed by atoms with van der Waals surface area (Å²) in [4.78, 5) is 1.44. The molecule has 1 N–H and O–H groups in total. The van der Waals surface area contributed by atoms with Crippen LogP contribution in [0.4, 0.5) is 0 Å². The molecule has 3 rings (SSSR count). The van der Waals surface area contributed by atoms with Crippen LogP contribution in [0.5, 0.6) is 5.75 Å². The highest BCUT2D eigenvalue weighted by Gasteiger charge is 2.22. The van der Waals surface area contributed by atoms with E-state index in [1.165, 1.54) is 4.80 Å². The first kappa shape index (κ1) is 14.9. The van der Waals surface area contributed by atoms with Crippen molar-refractivity contribution in [3.63, 3.8) is 0 Å². The van der Waals surface area contributed by atoms with Crippen molar-refractivity contribution in [1.82, 2.24) is 15.0 Å². The summed E-state index contributed by atoms with van der Waals surface area (Å²) in [5.74, 6) is 0.199. The average molecular weight is 315 g/mol. The normalized spacial score (nSPS) is 12.0. The largest absolute Gasteiger partial charge is 0.505 e. The third-order valence-electron chi connectivity index (χ3n) is 3.52. The first-order valence-electron chi connectivity index (χ1n) is 7.05. The zero-order valence-electron chi connectivity index (χ0n) is 13.0. The van der Waals surface area contributed by atoms with Crippen LogP contribution in [0.15, 0.2) is 24.3 Å². The zero-order valence-corrected chi connectivity index (χ0v) is 13.7. The van der Waals surface area contributed by atoms with Crippen molar-refractivity contribution in [2.24, 2.45) is 0 Å². The van der Waals surface area contributed by atoms with Crippen LogP contribution < -0.4 is 0 Å². The molecule has 0 amide bonds. The number of aryl methyl sites for hydroxylation is 1. The van der Waals surface area contributed by atoms with E-state index in [-0.39, 0.29) is 11.2 Å². The molecule has 0 saturated heterocycles. The van der Waals surface area contributed by atoms with Gasteiger partial charge in [-0.05, 0) is 36.1 Å². The molecule has 22 heavy (non-hydrogen) atoms. The Morgan fingerprint density at radius 1 is 1.18 bits per heavy atom. The SMILES string of the molecule is Cc1cc(-n2nc3[c]c(Cl)ccc3n2)c(O)c(C(C)(C)C)c1. The molecule has 0 unspecified atom stereocenters. The number of phenols is 1. The lowest BCUT2D eigenvalue weighted by atomic mass is 9.85. The molecule has 0 atom stereocenters. The number of phenolic OH excluding ortho intramolecular Hbond substituents is 1. The van der Waals surface area contributed by atoms with Gasteiger partial charge in [0.15, 0.2) is 0 Å². The van der Waals surface area contributed by atoms with Crippen molar-refractivity contribution in [2.45, 2.75) is 33.1 Å². The molecule has 2 aromatic carbocycles. The molecule has 113 valence electrons. The van der Waals surface area contributed by atoms with Crippen molar-refractivity contribution in [3.8, 4) is 11.4 Å². The van der Waals surface area contributed by atoms with Gasteiger partial charge in [-0.3, -0.25) is 0 Å². The van der Waals surface area contributed by atoms with E-state index in [2.05, 4.69) is 37.0 Å². The van der Waals surface area contributed by atoms with E-state index >= 15 is 0 Å². The number of hydrogen-bond acceptors (Lipinski definition) is 3. The third-order valence-corrected chi connectivity index (χ3v) is 3.74. The van der Waals surface area contributed by atoms with Crippen LogP contribution in [-0.4, -0.2) is 20.1 Å². The maximum absolute atomic E-state index is 10.6.